The summed E-state index contributed by atoms with van der Waals surface area (Å²) in [6, 6.07) is -0.457. The minimum atomic E-state index is -0.856. The highest BCUT2D eigenvalue weighted by atomic mass is 16.2. The average molecular weight is 268 g/mol. The Kier molecular flexibility index (Phi) is 4.38. The van der Waals surface area contributed by atoms with Crippen LogP contribution in [0.15, 0.2) is 0 Å². The van der Waals surface area contributed by atoms with Gasteiger partial charge in [0.05, 0.1) is 6.54 Å². The number of imide groups is 1. The lowest BCUT2D eigenvalue weighted by atomic mass is 9.90. The van der Waals surface area contributed by atoms with E-state index in [-0.39, 0.29) is 18.2 Å². The van der Waals surface area contributed by atoms with Gasteiger partial charge >= 0.3 is 6.03 Å². The van der Waals surface area contributed by atoms with Crippen LogP contribution < -0.4 is 5.32 Å². The van der Waals surface area contributed by atoms with Gasteiger partial charge in [0.2, 0.25) is 0 Å². The molecule has 0 aromatic heterocycles. The quantitative estimate of drug-likeness (QED) is 0.776. The van der Waals surface area contributed by atoms with Gasteiger partial charge in [0.1, 0.15) is 5.54 Å². The number of ketones is 1. The maximum atomic E-state index is 12.3. The molecule has 0 aromatic carbocycles. The van der Waals surface area contributed by atoms with E-state index in [1.165, 1.54) is 0 Å². The van der Waals surface area contributed by atoms with Crippen LogP contribution in [-0.2, 0) is 9.59 Å². The van der Waals surface area contributed by atoms with Crippen molar-refractivity contribution >= 4 is 17.7 Å². The molecule has 0 saturated carbocycles. The summed E-state index contributed by atoms with van der Waals surface area (Å²) in [5, 5.41) is 2.71. The molecule has 1 saturated heterocycles. The van der Waals surface area contributed by atoms with Crippen LogP contribution in [0.2, 0.25) is 0 Å². The number of carbonyl (C=O) groups excluding carboxylic acids is 3. The maximum Gasteiger partial charge on any atom is 0.325 e. The third kappa shape index (κ3) is 3.33. The van der Waals surface area contributed by atoms with Crippen molar-refractivity contribution in [3.8, 4) is 0 Å². The van der Waals surface area contributed by atoms with Crippen LogP contribution in [0.1, 0.15) is 53.9 Å². The van der Waals surface area contributed by atoms with E-state index in [0.29, 0.717) is 6.42 Å². The second-order valence-electron chi connectivity index (χ2n) is 6.43. The van der Waals surface area contributed by atoms with Gasteiger partial charge in [0.15, 0.2) is 5.78 Å². The molecular formula is C14H24N2O3. The second kappa shape index (κ2) is 5.31. The van der Waals surface area contributed by atoms with E-state index < -0.39 is 17.0 Å². The first-order valence-corrected chi connectivity index (χ1v) is 6.79. The Labute approximate surface area is 114 Å². The summed E-state index contributed by atoms with van der Waals surface area (Å²) in [6.07, 6.45) is 2.43. The van der Waals surface area contributed by atoms with E-state index in [2.05, 4.69) is 5.32 Å². The molecule has 1 fully saturated rings. The third-order valence-corrected chi connectivity index (χ3v) is 3.51. The van der Waals surface area contributed by atoms with Gasteiger partial charge in [-0.1, -0.05) is 40.5 Å². The van der Waals surface area contributed by atoms with Gasteiger partial charge in [-0.3, -0.25) is 14.5 Å². The summed E-state index contributed by atoms with van der Waals surface area (Å²) >= 11 is 0. The number of amides is 3. The summed E-state index contributed by atoms with van der Waals surface area (Å²) in [4.78, 5) is 37.2. The first kappa shape index (κ1) is 15.7. The molecule has 0 spiro atoms. The fourth-order valence-corrected chi connectivity index (χ4v) is 1.97. The lowest BCUT2D eigenvalue weighted by Crippen LogP contribution is -2.44. The van der Waals surface area contributed by atoms with E-state index >= 15 is 0 Å². The standard InChI is InChI=1S/C14H24N2O3/c1-6-7-8-14(5)11(18)16(12(19)15-14)9-10(17)13(2,3)4/h6-9H2,1-5H3,(H,15,19)/t14-/m1/s1. The van der Waals surface area contributed by atoms with Crippen LogP contribution in [0, 0.1) is 5.41 Å². The summed E-state index contributed by atoms with van der Waals surface area (Å²) in [6.45, 7) is 8.96. The highest BCUT2D eigenvalue weighted by molar-refractivity contribution is 6.09. The van der Waals surface area contributed by atoms with Crippen LogP contribution in [0.5, 0.6) is 0 Å². The predicted octanol–water partition coefficient (Wildman–Crippen LogP) is 2.10. The van der Waals surface area contributed by atoms with Crippen molar-refractivity contribution in [2.45, 2.75) is 59.4 Å². The van der Waals surface area contributed by atoms with Crippen molar-refractivity contribution in [1.29, 1.82) is 0 Å². The van der Waals surface area contributed by atoms with Gasteiger partial charge in [-0.2, -0.15) is 0 Å². The van der Waals surface area contributed by atoms with Gasteiger partial charge in [-0.05, 0) is 13.3 Å². The Morgan fingerprint density at radius 2 is 1.89 bits per heavy atom. The van der Waals surface area contributed by atoms with Crippen molar-refractivity contribution in [1.82, 2.24) is 10.2 Å². The number of urea groups is 1. The lowest BCUT2D eigenvalue weighted by molar-refractivity contribution is -0.136. The molecule has 1 aliphatic heterocycles. The van der Waals surface area contributed by atoms with E-state index in [9.17, 15) is 14.4 Å². The van der Waals surface area contributed by atoms with E-state index in [0.717, 1.165) is 17.7 Å². The van der Waals surface area contributed by atoms with Gasteiger partial charge < -0.3 is 5.32 Å². The number of unbranched alkanes of at least 4 members (excludes halogenated alkanes) is 1. The number of Topliss-reactive ketones (excluding diaryl/α,β-unsaturated/α-hetero) is 1. The van der Waals surface area contributed by atoms with E-state index in [1.54, 1.807) is 27.7 Å². The van der Waals surface area contributed by atoms with E-state index in [4.69, 9.17) is 0 Å². The number of carbonyl (C=O) groups is 3. The Balaban J connectivity index is 2.80. The van der Waals surface area contributed by atoms with Gasteiger partial charge in [-0.25, -0.2) is 4.79 Å². The molecule has 1 heterocycles. The molecule has 0 unspecified atom stereocenters. The molecule has 5 nitrogen and oxygen atoms in total. The molecule has 19 heavy (non-hydrogen) atoms. The fourth-order valence-electron chi connectivity index (χ4n) is 1.97. The number of rotatable bonds is 5. The van der Waals surface area contributed by atoms with Crippen molar-refractivity contribution in [2.75, 3.05) is 6.54 Å². The smallest absolute Gasteiger partial charge is 0.323 e. The minimum absolute atomic E-state index is 0.115. The third-order valence-electron chi connectivity index (χ3n) is 3.51. The van der Waals surface area contributed by atoms with Gasteiger partial charge in [0, 0.05) is 5.41 Å². The average Bonchev–Trinajstić information content (AvgIpc) is 2.49. The van der Waals surface area contributed by atoms with Crippen molar-refractivity contribution < 1.29 is 14.4 Å². The lowest BCUT2D eigenvalue weighted by Gasteiger charge is -2.23. The Hall–Kier alpha value is -1.39. The Morgan fingerprint density at radius 1 is 1.32 bits per heavy atom. The molecule has 1 atom stereocenters. The Bertz CT molecular complexity index is 398. The maximum absolute atomic E-state index is 12.3. The highest BCUT2D eigenvalue weighted by Crippen LogP contribution is 2.24. The molecule has 0 aromatic rings. The van der Waals surface area contributed by atoms with E-state index in [1.807, 2.05) is 6.92 Å². The molecule has 5 heteroatoms. The summed E-state index contributed by atoms with van der Waals surface area (Å²) in [5.74, 6) is -0.403. The molecule has 0 radical (unpaired) electrons. The highest BCUT2D eigenvalue weighted by Gasteiger charge is 2.48. The molecule has 0 aliphatic carbocycles. The zero-order valence-electron chi connectivity index (χ0n) is 12.5. The van der Waals surface area contributed by atoms with Gasteiger partial charge in [-0.15, -0.1) is 0 Å². The van der Waals surface area contributed by atoms with Crippen LogP contribution in [0.25, 0.3) is 0 Å². The topological polar surface area (TPSA) is 66.5 Å². The molecule has 3 amide bonds. The normalized spacial score (nSPS) is 23.7. The zero-order valence-corrected chi connectivity index (χ0v) is 12.5. The largest absolute Gasteiger partial charge is 0.325 e. The van der Waals surface area contributed by atoms with Crippen LogP contribution in [0.4, 0.5) is 4.79 Å². The van der Waals surface area contributed by atoms with Crippen LogP contribution >= 0.6 is 0 Å². The first-order chi connectivity index (χ1) is 8.62. The van der Waals surface area contributed by atoms with Gasteiger partial charge in [0.25, 0.3) is 5.91 Å². The fraction of sp³-hybridized carbons (Fsp3) is 0.786. The zero-order chi connectivity index (χ0) is 14.8. The number of hydrogen-bond acceptors (Lipinski definition) is 3. The van der Waals surface area contributed by atoms with Crippen molar-refractivity contribution in [3.63, 3.8) is 0 Å². The number of nitrogens with zero attached hydrogens (tertiary/aromatic N) is 1. The molecular weight excluding hydrogens is 244 g/mol. The summed E-state index contributed by atoms with van der Waals surface area (Å²) in [7, 11) is 0. The molecule has 0 bridgehead atoms. The second-order valence-corrected chi connectivity index (χ2v) is 6.43. The number of nitrogens with one attached hydrogen (secondary N) is 1. The van der Waals surface area contributed by atoms with Crippen LogP contribution in [0.3, 0.4) is 0 Å². The number of hydrogen-bond donors (Lipinski definition) is 1. The van der Waals surface area contributed by atoms with Crippen LogP contribution in [-0.4, -0.2) is 34.7 Å². The molecule has 108 valence electrons. The predicted molar refractivity (Wildman–Crippen MR) is 72.6 cm³/mol. The summed E-state index contributed by atoms with van der Waals surface area (Å²) in [5.41, 5.74) is -1.41. The van der Waals surface area contributed by atoms with Crippen molar-refractivity contribution in [2.24, 2.45) is 5.41 Å². The Morgan fingerprint density at radius 3 is 2.37 bits per heavy atom. The summed E-state index contributed by atoms with van der Waals surface area (Å²) < 4.78 is 0. The van der Waals surface area contributed by atoms with Crippen molar-refractivity contribution in [3.05, 3.63) is 0 Å². The molecule has 1 aliphatic rings. The minimum Gasteiger partial charge on any atom is -0.323 e. The monoisotopic (exact) mass is 268 g/mol. The SMILES string of the molecule is CCCC[C@@]1(C)NC(=O)N(CC(=O)C(C)(C)C)C1=O. The molecule has 1 rings (SSSR count). The first-order valence-electron chi connectivity index (χ1n) is 6.79. The molecule has 1 N–H and O–H groups in total.